The van der Waals surface area contributed by atoms with Crippen molar-refractivity contribution < 1.29 is 8.42 Å². The number of hydrogen-bond donors (Lipinski definition) is 0. The lowest BCUT2D eigenvalue weighted by molar-refractivity contribution is 0.288. The number of hydrogen-bond acceptors (Lipinski definition) is 4. The van der Waals surface area contributed by atoms with E-state index in [0.717, 1.165) is 60.4 Å². The number of aromatic nitrogens is 1. The second-order valence-electron chi connectivity index (χ2n) is 9.32. The predicted molar refractivity (Wildman–Crippen MR) is 141 cm³/mol. The van der Waals surface area contributed by atoms with Crippen molar-refractivity contribution in [2.75, 3.05) is 13.1 Å². The molecular weight excluding hydrogens is 462 g/mol. The van der Waals surface area contributed by atoms with Gasteiger partial charge in [0.25, 0.3) is 0 Å². The number of piperidine rings is 1. The molecule has 0 unspecified atom stereocenters. The summed E-state index contributed by atoms with van der Waals surface area (Å²) in [6, 6.07) is 15.6. The normalized spacial score (nSPS) is 16.3. The van der Waals surface area contributed by atoms with E-state index in [2.05, 4.69) is 42.9 Å². The van der Waals surface area contributed by atoms with Crippen LogP contribution in [0.1, 0.15) is 51.5 Å². The van der Waals surface area contributed by atoms with Crippen LogP contribution < -0.4 is 4.80 Å². The summed E-state index contributed by atoms with van der Waals surface area (Å²) in [6.45, 7) is 8.58. The number of aryl methyl sites for hydroxylation is 1. The maximum absolute atomic E-state index is 13.1. The molecule has 1 aliphatic heterocycles. The number of benzene rings is 2. The lowest BCUT2D eigenvalue weighted by Crippen LogP contribution is -2.37. The largest absolute Gasteiger partial charge is 0.316 e. The molecule has 34 heavy (non-hydrogen) atoms. The SMILES string of the molecule is CCCCCn1c(-c2ccc(S(=O)(=O)N3CCC(C)CC3)cc2)csc1=Nc1ccc(C)cc1. The number of thiazole rings is 1. The van der Waals surface area contributed by atoms with Gasteiger partial charge in [-0.3, -0.25) is 0 Å². The highest BCUT2D eigenvalue weighted by molar-refractivity contribution is 7.89. The van der Waals surface area contributed by atoms with Crippen molar-refractivity contribution >= 4 is 27.0 Å². The molecule has 1 saturated heterocycles. The summed E-state index contributed by atoms with van der Waals surface area (Å²) in [4.78, 5) is 6.25. The van der Waals surface area contributed by atoms with Gasteiger partial charge in [0.05, 0.1) is 16.3 Å². The molecule has 2 aromatic carbocycles. The molecule has 5 nitrogen and oxygen atoms in total. The lowest BCUT2D eigenvalue weighted by Gasteiger charge is -2.29. The van der Waals surface area contributed by atoms with E-state index in [4.69, 9.17) is 4.99 Å². The van der Waals surface area contributed by atoms with Crippen molar-refractivity contribution in [3.63, 3.8) is 0 Å². The summed E-state index contributed by atoms with van der Waals surface area (Å²) in [6.07, 6.45) is 5.26. The van der Waals surface area contributed by atoms with E-state index in [1.807, 2.05) is 24.3 Å². The number of sulfonamides is 1. The van der Waals surface area contributed by atoms with E-state index in [1.54, 1.807) is 27.8 Å². The van der Waals surface area contributed by atoms with Crippen molar-refractivity contribution in [3.05, 3.63) is 64.3 Å². The Morgan fingerprint density at radius 3 is 2.32 bits per heavy atom. The molecule has 4 rings (SSSR count). The van der Waals surface area contributed by atoms with Crippen LogP contribution in [0.3, 0.4) is 0 Å². The first kappa shape index (κ1) is 24.9. The molecule has 0 aliphatic carbocycles. The molecule has 0 bridgehead atoms. The molecular formula is C27H35N3O2S2. The minimum atomic E-state index is -3.44. The van der Waals surface area contributed by atoms with Gasteiger partial charge in [-0.2, -0.15) is 4.31 Å². The Morgan fingerprint density at radius 1 is 1.00 bits per heavy atom. The summed E-state index contributed by atoms with van der Waals surface area (Å²) in [7, 11) is -3.44. The van der Waals surface area contributed by atoms with Gasteiger partial charge in [-0.25, -0.2) is 13.4 Å². The van der Waals surface area contributed by atoms with Gasteiger partial charge in [-0.15, -0.1) is 11.3 Å². The summed E-state index contributed by atoms with van der Waals surface area (Å²) >= 11 is 1.63. The monoisotopic (exact) mass is 497 g/mol. The van der Waals surface area contributed by atoms with Crippen LogP contribution in [0.5, 0.6) is 0 Å². The smallest absolute Gasteiger partial charge is 0.243 e. The van der Waals surface area contributed by atoms with Crippen LogP contribution >= 0.6 is 11.3 Å². The van der Waals surface area contributed by atoms with Crippen LogP contribution in [-0.2, 0) is 16.6 Å². The molecule has 2 heterocycles. The zero-order chi connectivity index (χ0) is 24.1. The van der Waals surface area contributed by atoms with E-state index in [9.17, 15) is 8.42 Å². The third-order valence-corrected chi connectivity index (χ3v) is 9.35. The van der Waals surface area contributed by atoms with Gasteiger partial charge in [-0.05, 0) is 61.9 Å². The highest BCUT2D eigenvalue weighted by Gasteiger charge is 2.28. The van der Waals surface area contributed by atoms with Crippen LogP contribution in [-0.4, -0.2) is 30.4 Å². The van der Waals surface area contributed by atoms with Crippen molar-refractivity contribution in [1.29, 1.82) is 0 Å². The molecule has 7 heteroatoms. The summed E-state index contributed by atoms with van der Waals surface area (Å²) in [5.74, 6) is 0.593. The van der Waals surface area contributed by atoms with E-state index >= 15 is 0 Å². The Hall–Kier alpha value is -2.22. The second kappa shape index (κ2) is 11.0. The van der Waals surface area contributed by atoms with Gasteiger partial charge in [0.2, 0.25) is 10.0 Å². The molecule has 0 amide bonds. The molecule has 0 saturated carbocycles. The fourth-order valence-corrected chi connectivity index (χ4v) is 6.71. The highest BCUT2D eigenvalue weighted by Crippen LogP contribution is 2.27. The molecule has 3 aromatic rings. The van der Waals surface area contributed by atoms with E-state index in [1.165, 1.54) is 5.56 Å². The zero-order valence-electron chi connectivity index (χ0n) is 20.4. The van der Waals surface area contributed by atoms with Crippen LogP contribution in [0.25, 0.3) is 11.3 Å². The third-order valence-electron chi connectivity index (χ3n) is 6.57. The Labute approximate surface area is 207 Å². The van der Waals surface area contributed by atoms with E-state index < -0.39 is 10.0 Å². The molecule has 182 valence electrons. The maximum atomic E-state index is 13.1. The predicted octanol–water partition coefficient (Wildman–Crippen LogP) is 6.37. The number of unbranched alkanes of at least 4 members (excludes halogenated alkanes) is 2. The molecule has 1 aliphatic rings. The molecule has 1 aromatic heterocycles. The average molecular weight is 498 g/mol. The third kappa shape index (κ3) is 5.70. The van der Waals surface area contributed by atoms with Gasteiger partial charge in [0, 0.05) is 25.0 Å². The second-order valence-corrected chi connectivity index (χ2v) is 12.1. The number of rotatable bonds is 8. The van der Waals surface area contributed by atoms with Gasteiger partial charge in [-0.1, -0.05) is 56.5 Å². The van der Waals surface area contributed by atoms with Crippen molar-refractivity contribution in [1.82, 2.24) is 8.87 Å². The van der Waals surface area contributed by atoms with Gasteiger partial charge in [0.1, 0.15) is 0 Å². The van der Waals surface area contributed by atoms with Crippen LogP contribution in [0.15, 0.2) is 63.8 Å². The first-order valence-electron chi connectivity index (χ1n) is 12.3. The van der Waals surface area contributed by atoms with Crippen molar-refractivity contribution in [3.8, 4) is 11.3 Å². The first-order valence-corrected chi connectivity index (χ1v) is 14.6. The molecule has 0 spiro atoms. The van der Waals surface area contributed by atoms with Crippen molar-refractivity contribution in [2.45, 2.75) is 64.3 Å². The fraction of sp³-hybridized carbons (Fsp3) is 0.444. The van der Waals surface area contributed by atoms with Gasteiger partial charge < -0.3 is 4.57 Å². The molecule has 0 N–H and O–H groups in total. The van der Waals surface area contributed by atoms with Gasteiger partial charge >= 0.3 is 0 Å². The fourth-order valence-electron chi connectivity index (χ4n) is 4.29. The minimum Gasteiger partial charge on any atom is -0.316 e. The van der Waals surface area contributed by atoms with Crippen molar-refractivity contribution in [2.24, 2.45) is 10.9 Å². The summed E-state index contributed by atoms with van der Waals surface area (Å²) in [5, 5.41) is 2.13. The van der Waals surface area contributed by atoms with E-state index in [0.29, 0.717) is 23.9 Å². The maximum Gasteiger partial charge on any atom is 0.243 e. The Balaban J connectivity index is 1.64. The summed E-state index contributed by atoms with van der Waals surface area (Å²) in [5.41, 5.74) is 4.27. The lowest BCUT2D eigenvalue weighted by atomic mass is 10.0. The zero-order valence-corrected chi connectivity index (χ0v) is 22.0. The van der Waals surface area contributed by atoms with Crippen LogP contribution in [0, 0.1) is 12.8 Å². The minimum absolute atomic E-state index is 0.378. The Bertz CT molecular complexity index is 1250. The topological polar surface area (TPSA) is 54.7 Å². The van der Waals surface area contributed by atoms with Crippen LogP contribution in [0.4, 0.5) is 5.69 Å². The molecule has 0 radical (unpaired) electrons. The quantitative estimate of drug-likeness (QED) is 0.340. The van der Waals surface area contributed by atoms with Gasteiger partial charge in [0.15, 0.2) is 4.80 Å². The number of nitrogens with zero attached hydrogens (tertiary/aromatic N) is 3. The highest BCUT2D eigenvalue weighted by atomic mass is 32.2. The molecule has 0 atom stereocenters. The Kier molecular flexibility index (Phi) is 8.06. The molecule has 1 fully saturated rings. The van der Waals surface area contributed by atoms with Crippen LogP contribution in [0.2, 0.25) is 0 Å². The Morgan fingerprint density at radius 2 is 1.68 bits per heavy atom. The standard InChI is InChI=1S/C27H35N3O2S2/c1-4-5-6-17-30-26(20-33-27(30)28-24-11-7-21(2)8-12-24)23-9-13-25(14-10-23)34(31,32)29-18-15-22(3)16-19-29/h7-14,20,22H,4-6,15-19H2,1-3H3. The average Bonchev–Trinajstić information content (AvgIpc) is 3.23. The van der Waals surface area contributed by atoms with E-state index in [-0.39, 0.29) is 0 Å². The first-order chi connectivity index (χ1) is 16.4. The summed E-state index contributed by atoms with van der Waals surface area (Å²) < 4.78 is 30.2.